The molecule has 136 valence electrons. The predicted molar refractivity (Wildman–Crippen MR) is 95.4 cm³/mol. The van der Waals surface area contributed by atoms with E-state index in [4.69, 9.17) is 5.73 Å². The Morgan fingerprint density at radius 1 is 1.17 bits per heavy atom. The van der Waals surface area contributed by atoms with Crippen LogP contribution >= 0.6 is 12.4 Å². The Morgan fingerprint density at radius 3 is 2.33 bits per heavy atom. The van der Waals surface area contributed by atoms with Gasteiger partial charge in [0.05, 0.1) is 11.8 Å². The molecule has 0 aliphatic heterocycles. The summed E-state index contributed by atoms with van der Waals surface area (Å²) in [7, 11) is 0. The van der Waals surface area contributed by atoms with Crippen LogP contribution in [0.3, 0.4) is 0 Å². The molecule has 2 amide bonds. The fraction of sp³-hybridized carbons (Fsp3) is 0.529. The maximum atomic E-state index is 13.0. The summed E-state index contributed by atoms with van der Waals surface area (Å²) >= 11 is 0. The largest absolute Gasteiger partial charge is 0.354 e. The first-order valence-electron chi connectivity index (χ1n) is 7.97. The fourth-order valence-corrected chi connectivity index (χ4v) is 2.41. The lowest BCUT2D eigenvalue weighted by Gasteiger charge is -2.28. The van der Waals surface area contributed by atoms with Crippen LogP contribution < -0.4 is 16.4 Å². The van der Waals surface area contributed by atoms with Crippen LogP contribution in [0.15, 0.2) is 24.3 Å². The van der Waals surface area contributed by atoms with E-state index >= 15 is 0 Å². The van der Waals surface area contributed by atoms with E-state index < -0.39 is 5.41 Å². The molecule has 0 spiro atoms. The monoisotopic (exact) mass is 359 g/mol. The third-order valence-electron chi connectivity index (χ3n) is 4.21. The van der Waals surface area contributed by atoms with Gasteiger partial charge in [0.2, 0.25) is 11.8 Å². The van der Waals surface area contributed by atoms with Crippen molar-refractivity contribution in [2.24, 2.45) is 11.1 Å². The lowest BCUT2D eigenvalue weighted by atomic mass is 9.81. The molecule has 0 saturated heterocycles. The summed E-state index contributed by atoms with van der Waals surface area (Å²) in [5.41, 5.74) is 5.80. The van der Waals surface area contributed by atoms with E-state index in [1.54, 1.807) is 12.1 Å². The summed E-state index contributed by atoms with van der Waals surface area (Å²) in [6.07, 6.45) is 1.47. The molecule has 1 rings (SSSR count). The lowest BCUT2D eigenvalue weighted by molar-refractivity contribution is -0.131. The molecule has 1 aromatic rings. The van der Waals surface area contributed by atoms with Crippen molar-refractivity contribution in [1.29, 1.82) is 0 Å². The molecule has 0 atom stereocenters. The topological polar surface area (TPSA) is 84.2 Å². The summed E-state index contributed by atoms with van der Waals surface area (Å²) in [4.78, 5) is 24.0. The van der Waals surface area contributed by atoms with E-state index in [0.717, 1.165) is 0 Å². The predicted octanol–water partition coefficient (Wildman–Crippen LogP) is 1.79. The molecule has 0 radical (unpaired) electrons. The number of hydrogen-bond donors (Lipinski definition) is 3. The van der Waals surface area contributed by atoms with E-state index in [-0.39, 0.29) is 36.5 Å². The quantitative estimate of drug-likeness (QED) is 0.588. The van der Waals surface area contributed by atoms with Gasteiger partial charge in [-0.2, -0.15) is 0 Å². The molecule has 0 saturated carbocycles. The highest BCUT2D eigenvalue weighted by atomic mass is 35.5. The highest BCUT2D eigenvalue weighted by Crippen LogP contribution is 2.24. The molecule has 24 heavy (non-hydrogen) atoms. The number of carbonyl (C=O) groups is 2. The second kappa shape index (κ2) is 11.0. The van der Waals surface area contributed by atoms with Crippen LogP contribution in [0.2, 0.25) is 0 Å². The van der Waals surface area contributed by atoms with Gasteiger partial charge in [-0.15, -0.1) is 12.4 Å². The maximum Gasteiger partial charge on any atom is 0.227 e. The highest BCUT2D eigenvalue weighted by Gasteiger charge is 2.32. The van der Waals surface area contributed by atoms with Gasteiger partial charge in [-0.05, 0) is 30.5 Å². The zero-order valence-corrected chi connectivity index (χ0v) is 15.0. The van der Waals surface area contributed by atoms with Gasteiger partial charge in [0.25, 0.3) is 0 Å². The van der Waals surface area contributed by atoms with Crippen LogP contribution in [-0.4, -0.2) is 31.4 Å². The number of halogens is 2. The van der Waals surface area contributed by atoms with Gasteiger partial charge < -0.3 is 16.4 Å². The summed E-state index contributed by atoms with van der Waals surface area (Å²) in [6, 6.07) is 5.93. The maximum absolute atomic E-state index is 13.0. The van der Waals surface area contributed by atoms with E-state index in [1.165, 1.54) is 12.1 Å². The smallest absolute Gasteiger partial charge is 0.227 e. The minimum absolute atomic E-state index is 0. The van der Waals surface area contributed by atoms with Crippen LogP contribution in [0.25, 0.3) is 0 Å². The van der Waals surface area contributed by atoms with Crippen molar-refractivity contribution in [3.8, 4) is 0 Å². The number of rotatable bonds is 9. The van der Waals surface area contributed by atoms with Crippen molar-refractivity contribution in [3.63, 3.8) is 0 Å². The molecule has 0 fully saturated rings. The number of hydrogen-bond acceptors (Lipinski definition) is 3. The zero-order valence-electron chi connectivity index (χ0n) is 14.2. The van der Waals surface area contributed by atoms with Gasteiger partial charge in [-0.3, -0.25) is 9.59 Å². The van der Waals surface area contributed by atoms with Crippen LogP contribution in [0, 0.1) is 11.2 Å². The first-order chi connectivity index (χ1) is 11.0. The molecule has 5 nitrogen and oxygen atoms in total. The van der Waals surface area contributed by atoms with E-state index in [2.05, 4.69) is 10.6 Å². The molecule has 0 heterocycles. The second-order valence-electron chi connectivity index (χ2n) is 5.60. The molecule has 1 aromatic carbocycles. The van der Waals surface area contributed by atoms with Gasteiger partial charge in [-0.1, -0.05) is 26.0 Å². The molecule has 4 N–H and O–H groups in total. The Kier molecular flexibility index (Phi) is 10.2. The minimum Gasteiger partial charge on any atom is -0.354 e. The van der Waals surface area contributed by atoms with E-state index in [1.807, 2.05) is 13.8 Å². The van der Waals surface area contributed by atoms with Crippen molar-refractivity contribution in [2.45, 2.75) is 33.1 Å². The third kappa shape index (κ3) is 6.45. The minimum atomic E-state index is -0.536. The van der Waals surface area contributed by atoms with Crippen LogP contribution in [0.4, 0.5) is 4.39 Å². The Labute approximate surface area is 149 Å². The van der Waals surface area contributed by atoms with Crippen LogP contribution in [-0.2, 0) is 16.0 Å². The normalized spacial score (nSPS) is 10.7. The first kappa shape index (κ1) is 22.3. The number of carbonyl (C=O) groups excluding carboxylic acids is 2. The van der Waals surface area contributed by atoms with Crippen molar-refractivity contribution >= 4 is 24.2 Å². The SMILES string of the molecule is CCC(CC)(CN)C(=O)NCCNC(=O)Cc1cccc(F)c1.Cl. The molecule has 7 heteroatoms. The Hall–Kier alpha value is -1.66. The summed E-state index contributed by atoms with van der Waals surface area (Å²) in [5, 5.41) is 5.52. The molecule has 0 unspecified atom stereocenters. The van der Waals surface area contributed by atoms with Crippen LogP contribution in [0.5, 0.6) is 0 Å². The summed E-state index contributed by atoms with van der Waals surface area (Å²) in [5.74, 6) is -0.648. The molecule has 0 aliphatic rings. The van der Waals surface area contributed by atoms with Crippen molar-refractivity contribution in [1.82, 2.24) is 10.6 Å². The van der Waals surface area contributed by atoms with Gasteiger partial charge in [0.15, 0.2) is 0 Å². The fourth-order valence-electron chi connectivity index (χ4n) is 2.41. The summed E-state index contributed by atoms with van der Waals surface area (Å²) < 4.78 is 13.0. The number of nitrogens with one attached hydrogen (secondary N) is 2. The molecule has 0 bridgehead atoms. The summed E-state index contributed by atoms with van der Waals surface area (Å²) in [6.45, 7) is 4.86. The molecular weight excluding hydrogens is 333 g/mol. The average molecular weight is 360 g/mol. The Balaban J connectivity index is 0.00000529. The van der Waals surface area contributed by atoms with Crippen molar-refractivity contribution in [2.75, 3.05) is 19.6 Å². The lowest BCUT2D eigenvalue weighted by Crippen LogP contribution is -2.47. The number of benzene rings is 1. The third-order valence-corrected chi connectivity index (χ3v) is 4.21. The van der Waals surface area contributed by atoms with Crippen molar-refractivity contribution < 1.29 is 14.0 Å². The molecule has 0 aromatic heterocycles. The van der Waals surface area contributed by atoms with Gasteiger partial charge >= 0.3 is 0 Å². The van der Waals surface area contributed by atoms with E-state index in [0.29, 0.717) is 38.0 Å². The first-order valence-corrected chi connectivity index (χ1v) is 7.97. The second-order valence-corrected chi connectivity index (χ2v) is 5.60. The number of amides is 2. The Morgan fingerprint density at radius 2 is 1.79 bits per heavy atom. The molecule has 0 aliphatic carbocycles. The van der Waals surface area contributed by atoms with Crippen LogP contribution in [0.1, 0.15) is 32.3 Å². The highest BCUT2D eigenvalue weighted by molar-refractivity contribution is 5.85. The number of nitrogens with two attached hydrogens (primary N) is 1. The van der Waals surface area contributed by atoms with Gasteiger partial charge in [0, 0.05) is 19.6 Å². The average Bonchev–Trinajstić information content (AvgIpc) is 2.54. The van der Waals surface area contributed by atoms with Crippen molar-refractivity contribution in [3.05, 3.63) is 35.6 Å². The van der Waals surface area contributed by atoms with E-state index in [9.17, 15) is 14.0 Å². The standard InChI is InChI=1S/C17H26FN3O2.ClH/c1-3-17(4-2,12-19)16(23)21-9-8-20-15(22)11-13-6-5-7-14(18)10-13;/h5-7,10H,3-4,8-9,11-12,19H2,1-2H3,(H,20,22)(H,21,23);1H. The van der Waals surface area contributed by atoms with Gasteiger partial charge in [-0.25, -0.2) is 4.39 Å². The zero-order chi connectivity index (χ0) is 17.3. The Bertz CT molecular complexity index is 528. The van der Waals surface area contributed by atoms with Gasteiger partial charge in [0.1, 0.15) is 5.82 Å². The molecular formula is C17H27ClFN3O2.